The van der Waals surface area contributed by atoms with Gasteiger partial charge in [0.1, 0.15) is 6.04 Å². The van der Waals surface area contributed by atoms with Gasteiger partial charge in [0.25, 0.3) is 5.91 Å². The van der Waals surface area contributed by atoms with Gasteiger partial charge in [-0.05, 0) is 43.7 Å². The van der Waals surface area contributed by atoms with Crippen molar-refractivity contribution in [3.05, 3.63) is 21.4 Å². The van der Waals surface area contributed by atoms with Crippen LogP contribution >= 0.6 is 11.3 Å². The number of rotatable bonds is 3. The fraction of sp³-hybridized carbons (Fsp3) is 0.647. The molecule has 0 spiro atoms. The molecule has 1 saturated heterocycles. The highest BCUT2D eigenvalue weighted by Crippen LogP contribution is 2.32. The SMILES string of the molecule is CC1CCc2sc(C(=O)NC(C)C(=O)N3CCOCC3)cc2C1. The lowest BCUT2D eigenvalue weighted by Crippen LogP contribution is -2.50. The van der Waals surface area contributed by atoms with Gasteiger partial charge in [-0.25, -0.2) is 0 Å². The molecule has 1 N–H and O–H groups in total. The second-order valence-electron chi connectivity index (χ2n) is 6.54. The van der Waals surface area contributed by atoms with E-state index in [1.165, 1.54) is 16.9 Å². The Balaban J connectivity index is 1.61. The number of carbonyl (C=O) groups is 2. The Morgan fingerprint density at radius 3 is 2.87 bits per heavy atom. The summed E-state index contributed by atoms with van der Waals surface area (Å²) < 4.78 is 5.26. The molecule has 5 nitrogen and oxygen atoms in total. The third kappa shape index (κ3) is 3.75. The van der Waals surface area contributed by atoms with E-state index >= 15 is 0 Å². The van der Waals surface area contributed by atoms with Crippen molar-refractivity contribution in [1.29, 1.82) is 0 Å². The molecule has 0 bridgehead atoms. The molecule has 2 heterocycles. The first-order valence-corrected chi connectivity index (χ1v) is 9.15. The van der Waals surface area contributed by atoms with E-state index in [-0.39, 0.29) is 11.8 Å². The molecule has 1 aromatic heterocycles. The van der Waals surface area contributed by atoms with Gasteiger partial charge in [-0.15, -0.1) is 11.3 Å². The number of nitrogens with one attached hydrogen (secondary N) is 1. The standard InChI is InChI=1S/C17H24N2O3S/c1-11-3-4-14-13(9-11)10-15(23-14)16(20)18-12(2)17(21)19-5-7-22-8-6-19/h10-12H,3-9H2,1-2H3,(H,18,20). The summed E-state index contributed by atoms with van der Waals surface area (Å²) in [5, 5.41) is 2.85. The van der Waals surface area contributed by atoms with Crippen molar-refractivity contribution in [2.75, 3.05) is 26.3 Å². The summed E-state index contributed by atoms with van der Waals surface area (Å²) in [6.45, 7) is 6.35. The highest BCUT2D eigenvalue weighted by molar-refractivity contribution is 7.14. The van der Waals surface area contributed by atoms with Gasteiger partial charge in [-0.3, -0.25) is 9.59 Å². The van der Waals surface area contributed by atoms with Crippen molar-refractivity contribution < 1.29 is 14.3 Å². The smallest absolute Gasteiger partial charge is 0.262 e. The number of carbonyl (C=O) groups excluding carboxylic acids is 2. The first-order valence-electron chi connectivity index (χ1n) is 8.33. The fourth-order valence-electron chi connectivity index (χ4n) is 3.20. The van der Waals surface area contributed by atoms with Crippen molar-refractivity contribution in [3.63, 3.8) is 0 Å². The third-order valence-electron chi connectivity index (χ3n) is 4.59. The van der Waals surface area contributed by atoms with Crippen LogP contribution in [0.5, 0.6) is 0 Å². The van der Waals surface area contributed by atoms with E-state index in [2.05, 4.69) is 12.2 Å². The Bertz CT molecular complexity index is 593. The molecule has 6 heteroatoms. The van der Waals surface area contributed by atoms with Crippen molar-refractivity contribution in [3.8, 4) is 0 Å². The Labute approximate surface area is 141 Å². The number of hydrogen-bond acceptors (Lipinski definition) is 4. The number of ether oxygens (including phenoxy) is 1. The molecule has 23 heavy (non-hydrogen) atoms. The average Bonchev–Trinajstić information content (AvgIpc) is 2.98. The number of morpholine rings is 1. The molecule has 0 saturated carbocycles. The van der Waals surface area contributed by atoms with E-state index in [0.717, 1.165) is 17.7 Å². The number of nitrogens with zero attached hydrogens (tertiary/aromatic N) is 1. The van der Waals surface area contributed by atoms with Gasteiger partial charge in [0.05, 0.1) is 18.1 Å². The zero-order valence-electron chi connectivity index (χ0n) is 13.8. The molecule has 2 atom stereocenters. The molecule has 0 aromatic carbocycles. The molecule has 2 unspecified atom stereocenters. The molecule has 0 radical (unpaired) electrons. The zero-order valence-corrected chi connectivity index (χ0v) is 14.6. The second kappa shape index (κ2) is 7.01. The number of hydrogen-bond donors (Lipinski definition) is 1. The van der Waals surface area contributed by atoms with Crippen LogP contribution in [0.4, 0.5) is 0 Å². The first-order chi connectivity index (χ1) is 11.0. The summed E-state index contributed by atoms with van der Waals surface area (Å²) in [6, 6.07) is 1.51. The molecule has 2 aliphatic rings. The summed E-state index contributed by atoms with van der Waals surface area (Å²) in [4.78, 5) is 28.6. The summed E-state index contributed by atoms with van der Waals surface area (Å²) in [5.74, 6) is 0.526. The van der Waals surface area contributed by atoms with Gasteiger partial charge in [-0.1, -0.05) is 6.92 Å². The predicted octanol–water partition coefficient (Wildman–Crippen LogP) is 1.85. The van der Waals surface area contributed by atoms with Crippen LogP contribution in [-0.4, -0.2) is 49.1 Å². The Hall–Kier alpha value is -1.40. The maximum atomic E-state index is 12.4. The lowest BCUT2D eigenvalue weighted by atomic mass is 9.90. The van der Waals surface area contributed by atoms with Crippen molar-refractivity contribution in [2.24, 2.45) is 5.92 Å². The number of amides is 2. The first kappa shape index (κ1) is 16.5. The van der Waals surface area contributed by atoms with Crippen LogP contribution in [0.2, 0.25) is 0 Å². The van der Waals surface area contributed by atoms with Crippen LogP contribution in [0, 0.1) is 5.92 Å². The van der Waals surface area contributed by atoms with E-state index < -0.39 is 6.04 Å². The monoisotopic (exact) mass is 336 g/mol. The molecule has 3 rings (SSSR count). The fourth-order valence-corrected chi connectivity index (χ4v) is 4.32. The third-order valence-corrected chi connectivity index (χ3v) is 5.83. The lowest BCUT2D eigenvalue weighted by molar-refractivity contribution is -0.136. The van der Waals surface area contributed by atoms with Gasteiger partial charge >= 0.3 is 0 Å². The minimum Gasteiger partial charge on any atom is -0.378 e. The van der Waals surface area contributed by atoms with Crippen LogP contribution in [0.1, 0.15) is 40.4 Å². The van der Waals surface area contributed by atoms with Crippen molar-refractivity contribution >= 4 is 23.2 Å². The second-order valence-corrected chi connectivity index (χ2v) is 7.68. The zero-order chi connectivity index (χ0) is 16.4. The van der Waals surface area contributed by atoms with E-state index in [9.17, 15) is 9.59 Å². The summed E-state index contributed by atoms with van der Waals surface area (Å²) in [5.41, 5.74) is 1.31. The van der Waals surface area contributed by atoms with E-state index in [0.29, 0.717) is 32.2 Å². The maximum absolute atomic E-state index is 12.4. The van der Waals surface area contributed by atoms with Crippen LogP contribution in [0.25, 0.3) is 0 Å². The van der Waals surface area contributed by atoms with Gasteiger partial charge in [-0.2, -0.15) is 0 Å². The van der Waals surface area contributed by atoms with Gasteiger partial charge in [0, 0.05) is 18.0 Å². The molecule has 1 aliphatic heterocycles. The molecule has 1 fully saturated rings. The van der Waals surface area contributed by atoms with Crippen LogP contribution < -0.4 is 5.32 Å². The van der Waals surface area contributed by atoms with Gasteiger partial charge in [0.15, 0.2) is 0 Å². The molecular weight excluding hydrogens is 312 g/mol. The van der Waals surface area contributed by atoms with Gasteiger partial charge in [0.2, 0.25) is 5.91 Å². The minimum atomic E-state index is -0.501. The quantitative estimate of drug-likeness (QED) is 0.916. The Morgan fingerprint density at radius 2 is 2.13 bits per heavy atom. The highest BCUT2D eigenvalue weighted by atomic mass is 32.1. The average molecular weight is 336 g/mol. The van der Waals surface area contributed by atoms with Crippen molar-refractivity contribution in [1.82, 2.24) is 10.2 Å². The van der Waals surface area contributed by atoms with E-state index in [1.807, 2.05) is 6.07 Å². The highest BCUT2D eigenvalue weighted by Gasteiger charge is 2.26. The molecule has 1 aliphatic carbocycles. The Kier molecular flexibility index (Phi) is 5.02. The van der Waals surface area contributed by atoms with E-state index in [1.54, 1.807) is 23.2 Å². The maximum Gasteiger partial charge on any atom is 0.262 e. The predicted molar refractivity (Wildman–Crippen MR) is 89.8 cm³/mol. The topological polar surface area (TPSA) is 58.6 Å². The van der Waals surface area contributed by atoms with E-state index in [4.69, 9.17) is 4.74 Å². The normalized spacial score (nSPS) is 22.3. The van der Waals surface area contributed by atoms with Crippen molar-refractivity contribution in [2.45, 2.75) is 39.2 Å². The largest absolute Gasteiger partial charge is 0.378 e. The van der Waals surface area contributed by atoms with Crippen LogP contribution in [-0.2, 0) is 22.4 Å². The number of aryl methyl sites for hydroxylation is 1. The summed E-state index contributed by atoms with van der Waals surface area (Å²) in [7, 11) is 0. The minimum absolute atomic E-state index is 0.0309. The number of fused-ring (bicyclic) bond motifs is 1. The van der Waals surface area contributed by atoms with Crippen LogP contribution in [0.15, 0.2) is 6.07 Å². The summed E-state index contributed by atoms with van der Waals surface area (Å²) >= 11 is 1.58. The van der Waals surface area contributed by atoms with Crippen LogP contribution in [0.3, 0.4) is 0 Å². The lowest BCUT2D eigenvalue weighted by Gasteiger charge is -2.29. The molecule has 126 valence electrons. The Morgan fingerprint density at radius 1 is 1.39 bits per heavy atom. The molecule has 2 amide bonds. The molecule has 1 aromatic rings. The summed E-state index contributed by atoms with van der Waals surface area (Å²) in [6.07, 6.45) is 3.32. The molecular formula is C17H24N2O3S. The van der Waals surface area contributed by atoms with Gasteiger partial charge < -0.3 is 15.0 Å². The number of thiophene rings is 1.